The molecule has 0 aliphatic heterocycles. The zero-order chi connectivity index (χ0) is 13.0. The molecule has 0 aromatic heterocycles. The van der Waals surface area contributed by atoms with E-state index in [0.717, 1.165) is 0 Å². The van der Waals surface area contributed by atoms with Crippen molar-refractivity contribution in [2.45, 2.75) is 39.8 Å². The molecule has 1 aromatic rings. The lowest BCUT2D eigenvalue weighted by molar-refractivity contribution is 0.0346. The molecule has 1 N–H and O–H groups in total. The molecule has 0 spiro atoms. The Labute approximate surface area is 105 Å². The van der Waals surface area contributed by atoms with Crippen LogP contribution in [0.25, 0.3) is 0 Å². The minimum atomic E-state index is 0.195. The molecule has 0 aliphatic rings. The SMILES string of the molecule is CNC(c1cc(C)ccc1C)C(OC)C(C)C. The van der Waals surface area contributed by atoms with Gasteiger partial charge in [0.1, 0.15) is 0 Å². The van der Waals surface area contributed by atoms with E-state index in [-0.39, 0.29) is 12.1 Å². The van der Waals surface area contributed by atoms with Gasteiger partial charge < -0.3 is 10.1 Å². The topological polar surface area (TPSA) is 21.3 Å². The molecule has 0 saturated carbocycles. The Bertz CT molecular complexity index is 360. The summed E-state index contributed by atoms with van der Waals surface area (Å²) in [4.78, 5) is 0. The van der Waals surface area contributed by atoms with Crippen LogP contribution in [0.4, 0.5) is 0 Å². The largest absolute Gasteiger partial charge is 0.379 e. The summed E-state index contributed by atoms with van der Waals surface area (Å²) in [6.07, 6.45) is 0.195. The smallest absolute Gasteiger partial charge is 0.0788 e. The van der Waals surface area contributed by atoms with Crippen LogP contribution in [0.15, 0.2) is 18.2 Å². The van der Waals surface area contributed by atoms with Gasteiger partial charge >= 0.3 is 0 Å². The van der Waals surface area contributed by atoms with Gasteiger partial charge in [-0.3, -0.25) is 0 Å². The van der Waals surface area contributed by atoms with E-state index in [1.807, 2.05) is 7.05 Å². The molecule has 0 heterocycles. The van der Waals surface area contributed by atoms with Crippen molar-refractivity contribution in [3.05, 3.63) is 34.9 Å². The lowest BCUT2D eigenvalue weighted by Gasteiger charge is -2.30. The van der Waals surface area contributed by atoms with E-state index in [1.165, 1.54) is 16.7 Å². The molecule has 0 bridgehead atoms. The number of likely N-dealkylation sites (N-methyl/N-ethyl adjacent to an activating group) is 1. The van der Waals surface area contributed by atoms with Gasteiger partial charge in [-0.05, 0) is 37.9 Å². The van der Waals surface area contributed by atoms with Gasteiger partial charge in [0, 0.05) is 7.11 Å². The maximum absolute atomic E-state index is 5.65. The number of ether oxygens (including phenoxy) is 1. The Balaban J connectivity index is 3.11. The summed E-state index contributed by atoms with van der Waals surface area (Å²) in [5.41, 5.74) is 3.95. The van der Waals surface area contributed by atoms with Crippen molar-refractivity contribution < 1.29 is 4.74 Å². The van der Waals surface area contributed by atoms with Crippen molar-refractivity contribution >= 4 is 0 Å². The molecule has 96 valence electrons. The Kier molecular flexibility index (Phi) is 5.16. The lowest BCUT2D eigenvalue weighted by atomic mass is 9.90. The average molecular weight is 235 g/mol. The third-order valence-electron chi connectivity index (χ3n) is 3.34. The number of nitrogens with one attached hydrogen (secondary N) is 1. The summed E-state index contributed by atoms with van der Waals surface area (Å²) in [7, 11) is 3.79. The minimum absolute atomic E-state index is 0.195. The number of benzene rings is 1. The monoisotopic (exact) mass is 235 g/mol. The predicted molar refractivity (Wildman–Crippen MR) is 73.4 cm³/mol. The summed E-state index contributed by atoms with van der Waals surface area (Å²) >= 11 is 0. The van der Waals surface area contributed by atoms with Crippen LogP contribution in [0.1, 0.15) is 36.6 Å². The molecular weight excluding hydrogens is 210 g/mol. The molecule has 1 rings (SSSR count). The Morgan fingerprint density at radius 1 is 1.18 bits per heavy atom. The van der Waals surface area contributed by atoms with Crippen molar-refractivity contribution in [2.24, 2.45) is 5.92 Å². The maximum atomic E-state index is 5.65. The van der Waals surface area contributed by atoms with Crippen LogP contribution >= 0.6 is 0 Å². The van der Waals surface area contributed by atoms with Crippen molar-refractivity contribution in [3.8, 4) is 0 Å². The third-order valence-corrected chi connectivity index (χ3v) is 3.34. The van der Waals surface area contributed by atoms with Gasteiger partial charge in [-0.15, -0.1) is 0 Å². The first-order valence-electron chi connectivity index (χ1n) is 6.28. The molecular formula is C15H25NO. The van der Waals surface area contributed by atoms with E-state index in [0.29, 0.717) is 5.92 Å². The molecule has 0 radical (unpaired) electrons. The molecule has 2 unspecified atom stereocenters. The van der Waals surface area contributed by atoms with Gasteiger partial charge in [0.15, 0.2) is 0 Å². The van der Waals surface area contributed by atoms with Crippen LogP contribution < -0.4 is 5.32 Å². The molecule has 2 atom stereocenters. The summed E-state index contributed by atoms with van der Waals surface area (Å²) in [6, 6.07) is 6.84. The van der Waals surface area contributed by atoms with Gasteiger partial charge in [-0.1, -0.05) is 37.6 Å². The molecule has 2 heteroatoms. The standard InChI is InChI=1S/C15H25NO/c1-10(2)15(17-6)14(16-5)13-9-11(3)7-8-12(13)4/h7-10,14-16H,1-6H3. The second-order valence-corrected chi connectivity index (χ2v) is 5.07. The highest BCUT2D eigenvalue weighted by atomic mass is 16.5. The fraction of sp³-hybridized carbons (Fsp3) is 0.600. The Morgan fingerprint density at radius 3 is 2.29 bits per heavy atom. The van der Waals surface area contributed by atoms with Crippen LogP contribution in [-0.2, 0) is 4.74 Å². The van der Waals surface area contributed by atoms with Crippen LogP contribution in [-0.4, -0.2) is 20.3 Å². The normalized spacial score (nSPS) is 15.0. The Hall–Kier alpha value is -0.860. The van der Waals surface area contributed by atoms with Gasteiger partial charge in [0.05, 0.1) is 12.1 Å². The van der Waals surface area contributed by atoms with E-state index in [2.05, 4.69) is 51.2 Å². The summed E-state index contributed by atoms with van der Waals surface area (Å²) < 4.78 is 5.65. The average Bonchev–Trinajstić information content (AvgIpc) is 2.28. The molecule has 0 saturated heterocycles. The highest BCUT2D eigenvalue weighted by Crippen LogP contribution is 2.27. The third kappa shape index (κ3) is 3.30. The molecule has 0 amide bonds. The lowest BCUT2D eigenvalue weighted by Crippen LogP contribution is -2.35. The predicted octanol–water partition coefficient (Wildman–Crippen LogP) is 3.23. The fourth-order valence-corrected chi connectivity index (χ4v) is 2.38. The van der Waals surface area contributed by atoms with Crippen molar-refractivity contribution in [1.29, 1.82) is 0 Å². The first kappa shape index (κ1) is 14.2. The Morgan fingerprint density at radius 2 is 1.82 bits per heavy atom. The van der Waals surface area contributed by atoms with E-state index in [9.17, 15) is 0 Å². The zero-order valence-corrected chi connectivity index (χ0v) is 11.9. The number of methoxy groups -OCH3 is 1. The maximum Gasteiger partial charge on any atom is 0.0788 e. The van der Waals surface area contributed by atoms with Gasteiger partial charge in [-0.2, -0.15) is 0 Å². The van der Waals surface area contributed by atoms with E-state index < -0.39 is 0 Å². The van der Waals surface area contributed by atoms with E-state index >= 15 is 0 Å². The molecule has 0 aliphatic carbocycles. The van der Waals surface area contributed by atoms with E-state index in [4.69, 9.17) is 4.74 Å². The first-order valence-corrected chi connectivity index (χ1v) is 6.28. The number of aryl methyl sites for hydroxylation is 2. The van der Waals surface area contributed by atoms with Crippen molar-refractivity contribution in [3.63, 3.8) is 0 Å². The number of hydrogen-bond acceptors (Lipinski definition) is 2. The molecule has 17 heavy (non-hydrogen) atoms. The molecule has 2 nitrogen and oxygen atoms in total. The highest BCUT2D eigenvalue weighted by molar-refractivity contribution is 5.33. The van der Waals surface area contributed by atoms with Crippen LogP contribution in [0.3, 0.4) is 0 Å². The van der Waals surface area contributed by atoms with Crippen molar-refractivity contribution in [2.75, 3.05) is 14.2 Å². The van der Waals surface area contributed by atoms with Crippen LogP contribution in [0.2, 0.25) is 0 Å². The fourth-order valence-electron chi connectivity index (χ4n) is 2.38. The quantitative estimate of drug-likeness (QED) is 0.846. The molecule has 0 fully saturated rings. The second-order valence-electron chi connectivity index (χ2n) is 5.07. The summed E-state index contributed by atoms with van der Waals surface area (Å²) in [6.45, 7) is 8.69. The zero-order valence-electron chi connectivity index (χ0n) is 11.9. The van der Waals surface area contributed by atoms with Crippen LogP contribution in [0.5, 0.6) is 0 Å². The van der Waals surface area contributed by atoms with Gasteiger partial charge in [0.25, 0.3) is 0 Å². The van der Waals surface area contributed by atoms with Crippen LogP contribution in [0, 0.1) is 19.8 Å². The second kappa shape index (κ2) is 6.18. The van der Waals surface area contributed by atoms with Gasteiger partial charge in [-0.25, -0.2) is 0 Å². The first-order chi connectivity index (χ1) is 8.01. The van der Waals surface area contributed by atoms with E-state index in [1.54, 1.807) is 7.11 Å². The van der Waals surface area contributed by atoms with Gasteiger partial charge in [0.2, 0.25) is 0 Å². The summed E-state index contributed by atoms with van der Waals surface area (Å²) in [5, 5.41) is 3.39. The highest BCUT2D eigenvalue weighted by Gasteiger charge is 2.25. The number of rotatable bonds is 5. The number of hydrogen-bond donors (Lipinski definition) is 1. The van der Waals surface area contributed by atoms with Crippen molar-refractivity contribution in [1.82, 2.24) is 5.32 Å². The molecule has 1 aromatic carbocycles. The minimum Gasteiger partial charge on any atom is -0.379 e. The summed E-state index contributed by atoms with van der Waals surface area (Å²) in [5.74, 6) is 0.484.